The Balaban J connectivity index is 2.53. The molecule has 0 fully saturated rings. The summed E-state index contributed by atoms with van der Waals surface area (Å²) in [5, 5.41) is 12.6. The minimum absolute atomic E-state index is 0.512. The molecule has 108 valence electrons. The summed E-state index contributed by atoms with van der Waals surface area (Å²) in [6.07, 6.45) is 0. The van der Waals surface area contributed by atoms with Crippen LogP contribution in [-0.4, -0.2) is 11.1 Å². The Hall–Kier alpha value is -2.74. The Labute approximate surface area is 124 Å². The number of nitriles is 1. The monoisotopic (exact) mass is 281 g/mol. The highest BCUT2D eigenvalue weighted by Crippen LogP contribution is 2.14. The van der Waals surface area contributed by atoms with Gasteiger partial charge in [0.05, 0.1) is 12.2 Å². The molecule has 5 nitrogen and oxygen atoms in total. The minimum atomic E-state index is 0.512. The zero-order valence-corrected chi connectivity index (χ0v) is 12.3. The van der Waals surface area contributed by atoms with E-state index in [1.165, 1.54) is 0 Å². The van der Waals surface area contributed by atoms with Gasteiger partial charge >= 0.3 is 0 Å². The molecule has 0 atom stereocenters. The maximum absolute atomic E-state index is 9.43. The summed E-state index contributed by atoms with van der Waals surface area (Å²) in [4.78, 5) is 4.57. The second-order valence-corrected chi connectivity index (χ2v) is 4.68. The lowest BCUT2D eigenvalue weighted by Crippen LogP contribution is -2.26. The van der Waals surface area contributed by atoms with Gasteiger partial charge in [-0.05, 0) is 12.5 Å². The van der Waals surface area contributed by atoms with Gasteiger partial charge in [0.1, 0.15) is 22.9 Å². The molecule has 0 bridgehead atoms. The Kier molecular flexibility index (Phi) is 4.62. The van der Waals surface area contributed by atoms with Crippen molar-refractivity contribution in [1.29, 1.82) is 5.26 Å². The van der Waals surface area contributed by atoms with Crippen LogP contribution in [0.4, 0.5) is 11.5 Å². The average Bonchev–Trinajstić information content (AvgIpc) is 2.50. The first-order valence-electron chi connectivity index (χ1n) is 6.85. The summed E-state index contributed by atoms with van der Waals surface area (Å²) in [7, 11) is 1.82. The van der Waals surface area contributed by atoms with Gasteiger partial charge in [-0.3, -0.25) is 4.99 Å². The standard InChI is InChI=1S/C16H19N5/c1-3-19-14-9-15(18)21(2)16(13(14)10-17)20-11-12-7-5-4-6-8-12/h4-9,19H,3,11,18H2,1-2H3/b20-16-. The quantitative estimate of drug-likeness (QED) is 0.899. The van der Waals surface area contributed by atoms with Crippen molar-refractivity contribution >= 4 is 11.5 Å². The normalized spacial score (nSPS) is 11.2. The maximum atomic E-state index is 9.43. The van der Waals surface area contributed by atoms with Crippen molar-refractivity contribution in [2.45, 2.75) is 13.5 Å². The molecule has 21 heavy (non-hydrogen) atoms. The number of aromatic nitrogens is 1. The Morgan fingerprint density at radius 2 is 2.05 bits per heavy atom. The van der Waals surface area contributed by atoms with E-state index in [0.29, 0.717) is 23.4 Å². The molecule has 0 aliphatic heterocycles. The van der Waals surface area contributed by atoms with Crippen LogP contribution in [0.2, 0.25) is 0 Å². The first-order valence-corrected chi connectivity index (χ1v) is 6.85. The highest BCUT2D eigenvalue weighted by atomic mass is 15.1. The van der Waals surface area contributed by atoms with Crippen LogP contribution in [0.1, 0.15) is 18.1 Å². The molecule has 2 rings (SSSR count). The molecule has 1 heterocycles. The largest absolute Gasteiger partial charge is 0.385 e. The highest BCUT2D eigenvalue weighted by Gasteiger charge is 2.09. The smallest absolute Gasteiger partial charge is 0.149 e. The van der Waals surface area contributed by atoms with Gasteiger partial charge in [-0.15, -0.1) is 0 Å². The maximum Gasteiger partial charge on any atom is 0.149 e. The Bertz CT molecular complexity index is 723. The van der Waals surface area contributed by atoms with Crippen molar-refractivity contribution in [2.75, 3.05) is 17.6 Å². The van der Waals surface area contributed by atoms with Crippen LogP contribution in [0.25, 0.3) is 0 Å². The third-order valence-corrected chi connectivity index (χ3v) is 3.22. The van der Waals surface area contributed by atoms with Crippen LogP contribution in [0.3, 0.4) is 0 Å². The number of nitrogen functional groups attached to an aromatic ring is 1. The van der Waals surface area contributed by atoms with Crippen molar-refractivity contribution in [3.63, 3.8) is 0 Å². The highest BCUT2D eigenvalue weighted by molar-refractivity contribution is 5.61. The third kappa shape index (κ3) is 3.23. The molecular weight excluding hydrogens is 262 g/mol. The van der Waals surface area contributed by atoms with Crippen LogP contribution in [0.5, 0.6) is 0 Å². The molecule has 0 spiro atoms. The predicted octanol–water partition coefficient (Wildman–Crippen LogP) is 2.01. The fourth-order valence-electron chi connectivity index (χ4n) is 2.10. The second-order valence-electron chi connectivity index (χ2n) is 4.68. The lowest BCUT2D eigenvalue weighted by Gasteiger charge is -2.12. The first-order chi connectivity index (χ1) is 10.2. The van der Waals surface area contributed by atoms with E-state index in [1.54, 1.807) is 10.6 Å². The van der Waals surface area contributed by atoms with E-state index in [-0.39, 0.29) is 0 Å². The number of nitrogens with one attached hydrogen (secondary N) is 1. The summed E-state index contributed by atoms with van der Waals surface area (Å²) in [6.45, 7) is 3.21. The molecule has 0 saturated heterocycles. The van der Waals surface area contributed by atoms with E-state index in [2.05, 4.69) is 16.4 Å². The molecule has 0 radical (unpaired) electrons. The minimum Gasteiger partial charge on any atom is -0.385 e. The molecule has 0 unspecified atom stereocenters. The van der Waals surface area contributed by atoms with E-state index in [4.69, 9.17) is 5.73 Å². The second kappa shape index (κ2) is 6.62. The lowest BCUT2D eigenvalue weighted by atomic mass is 10.2. The number of rotatable bonds is 4. The number of hydrogen-bond donors (Lipinski definition) is 2. The van der Waals surface area contributed by atoms with Crippen molar-refractivity contribution in [1.82, 2.24) is 4.57 Å². The van der Waals surface area contributed by atoms with E-state index < -0.39 is 0 Å². The Morgan fingerprint density at radius 3 is 2.67 bits per heavy atom. The molecule has 2 aromatic rings. The van der Waals surface area contributed by atoms with Crippen LogP contribution in [0.15, 0.2) is 41.4 Å². The van der Waals surface area contributed by atoms with Crippen LogP contribution in [-0.2, 0) is 13.6 Å². The number of benzene rings is 1. The zero-order valence-electron chi connectivity index (χ0n) is 12.3. The number of hydrogen-bond acceptors (Lipinski definition) is 4. The van der Waals surface area contributed by atoms with Gasteiger partial charge in [-0.2, -0.15) is 5.26 Å². The first kappa shape index (κ1) is 14.7. The van der Waals surface area contributed by atoms with Crippen LogP contribution >= 0.6 is 0 Å². The molecule has 3 N–H and O–H groups in total. The van der Waals surface area contributed by atoms with Crippen molar-refractivity contribution in [2.24, 2.45) is 12.0 Å². The van der Waals surface area contributed by atoms with Gasteiger partial charge in [-0.25, -0.2) is 0 Å². The van der Waals surface area contributed by atoms with Crippen molar-refractivity contribution in [3.05, 3.63) is 53.0 Å². The fraction of sp³-hybridized carbons (Fsp3) is 0.250. The number of anilines is 2. The fourth-order valence-corrected chi connectivity index (χ4v) is 2.10. The predicted molar refractivity (Wildman–Crippen MR) is 84.4 cm³/mol. The average molecular weight is 281 g/mol. The number of nitrogens with zero attached hydrogens (tertiary/aromatic N) is 3. The van der Waals surface area contributed by atoms with Crippen molar-refractivity contribution in [3.8, 4) is 6.07 Å². The van der Waals surface area contributed by atoms with Crippen molar-refractivity contribution < 1.29 is 0 Å². The summed E-state index contributed by atoms with van der Waals surface area (Å²) in [5.41, 5.74) is 8.93. The van der Waals surface area contributed by atoms with E-state index in [1.807, 2.05) is 44.3 Å². The summed E-state index contributed by atoms with van der Waals surface area (Å²) >= 11 is 0. The zero-order chi connectivity index (χ0) is 15.2. The van der Waals surface area contributed by atoms with Crippen LogP contribution < -0.4 is 16.5 Å². The van der Waals surface area contributed by atoms with Gasteiger partial charge < -0.3 is 15.6 Å². The van der Waals surface area contributed by atoms with Gasteiger partial charge in [0.2, 0.25) is 0 Å². The molecule has 0 aliphatic rings. The number of nitrogens with two attached hydrogens (primary N) is 1. The topological polar surface area (TPSA) is 79.1 Å². The van der Waals surface area contributed by atoms with E-state index >= 15 is 0 Å². The molecule has 0 aliphatic carbocycles. The van der Waals surface area contributed by atoms with Gasteiger partial charge in [0.25, 0.3) is 0 Å². The van der Waals surface area contributed by atoms with Crippen LogP contribution in [0, 0.1) is 11.3 Å². The third-order valence-electron chi connectivity index (χ3n) is 3.22. The SMILES string of the molecule is CCNc1cc(N)n(C)/c(=N\Cc2ccccc2)c1C#N. The summed E-state index contributed by atoms with van der Waals surface area (Å²) < 4.78 is 1.74. The summed E-state index contributed by atoms with van der Waals surface area (Å²) in [6, 6.07) is 13.9. The van der Waals surface area contributed by atoms with E-state index in [0.717, 1.165) is 17.8 Å². The van der Waals surface area contributed by atoms with Gasteiger partial charge in [0.15, 0.2) is 0 Å². The molecule has 1 aromatic carbocycles. The Morgan fingerprint density at radius 1 is 1.33 bits per heavy atom. The molecular formula is C16H19N5. The number of pyridine rings is 1. The molecule has 1 aromatic heterocycles. The van der Waals surface area contributed by atoms with E-state index in [9.17, 15) is 5.26 Å². The molecule has 0 saturated carbocycles. The van der Waals surface area contributed by atoms with Gasteiger partial charge in [0, 0.05) is 19.7 Å². The molecule has 5 heteroatoms. The molecule has 0 amide bonds. The lowest BCUT2D eigenvalue weighted by molar-refractivity contribution is 0.808. The van der Waals surface area contributed by atoms with Gasteiger partial charge in [-0.1, -0.05) is 30.3 Å². The summed E-state index contributed by atoms with van der Waals surface area (Å²) in [5.74, 6) is 0.566.